The fourth-order valence-corrected chi connectivity index (χ4v) is 9.82. The number of benzene rings is 4. The van der Waals surface area contributed by atoms with Crippen molar-refractivity contribution in [3.63, 3.8) is 0 Å². The molecule has 7 N–H and O–H groups in total. The quantitative estimate of drug-likeness (QED) is 0.0278. The van der Waals surface area contributed by atoms with Gasteiger partial charge < -0.3 is 39.2 Å². The molecular weight excluding hydrogens is 1100 g/mol. The zero-order valence-corrected chi connectivity index (χ0v) is 54.4. The van der Waals surface area contributed by atoms with E-state index in [0.717, 1.165) is 30.4 Å². The SMILES string of the molecule is C=C(C)C(=O)[C@@H]([NH3+])CC(C)C.C=C(C)C(=O)[C@H](CC(C)C)NC(=O)[C@@H](CC(=O)[C@H](CC(C)C)NC(=O)[C@@H](C)CCc1ccccc1)Cc1ccccc1.CC(C)C[C@H](NC(=O)[C@@H](C)CCc1ccccc1)C(=O)C[C@@H](Cc1ccccc1)C(=O)O.[Cl-]. The third-order valence-electron chi connectivity index (χ3n) is 14.7. The van der Waals surface area contributed by atoms with E-state index in [1.54, 1.807) is 13.8 Å². The van der Waals surface area contributed by atoms with Gasteiger partial charge in [0.1, 0.15) is 6.04 Å². The van der Waals surface area contributed by atoms with E-state index in [0.29, 0.717) is 55.6 Å². The molecule has 0 spiro atoms. The standard InChI is InChI=1S/C36H50N2O4.C27H35NO4.C9H17NO.ClH/c1-24(2)20-31(37-35(41)27(7)18-19-28-14-10-8-11-15-28)33(39)23-30(22-29-16-12-9-13-17-29)36(42)38-32(21-25(3)4)34(40)26(5)6;1-19(2)16-24(28-26(30)20(3)14-15-21-10-6-4-7-11-21)25(29)18-23(27(31)32)17-22-12-8-5-9-13-22;1-6(2)5-8(10)9(11)7(3)4;/h8-17,24-25,27,30-32H,5,18-23H2,1-4,6-7H3,(H,37,41)(H,38,42);4-13,19-20,23-24H,14-18H2,1-3H3,(H,28,30)(H,31,32);6,8H,3,5,10H2,1-2,4H3;1H/t27-,30+,31-,32-;20-,23+,24-;8-;/m000./s1. The highest BCUT2D eigenvalue weighted by molar-refractivity contribution is 6.01. The summed E-state index contributed by atoms with van der Waals surface area (Å²) < 4.78 is 0. The first-order chi connectivity index (χ1) is 40.1. The number of nitrogens with one attached hydrogen (secondary N) is 3. The van der Waals surface area contributed by atoms with Crippen molar-refractivity contribution >= 4 is 46.8 Å². The lowest BCUT2D eigenvalue weighted by molar-refractivity contribution is -0.405. The Hall–Kier alpha value is -6.83. The van der Waals surface area contributed by atoms with Crippen molar-refractivity contribution in [2.24, 2.45) is 47.3 Å². The van der Waals surface area contributed by atoms with Gasteiger partial charge >= 0.3 is 5.97 Å². The normalized spacial score (nSPS) is 13.7. The lowest BCUT2D eigenvalue weighted by atomic mass is 9.88. The number of hydrogen-bond acceptors (Lipinski definition) is 8. The number of amides is 3. The molecule has 3 amide bonds. The molecule has 0 saturated heterocycles. The molecule has 86 heavy (non-hydrogen) atoms. The number of aliphatic carboxylic acids is 1. The lowest BCUT2D eigenvalue weighted by Gasteiger charge is -2.26. The number of Topliss-reactive ketones (excluding diaryl/α,β-unsaturated/α-hetero) is 4. The maximum Gasteiger partial charge on any atom is 0.307 e. The van der Waals surface area contributed by atoms with Crippen LogP contribution in [0.1, 0.15) is 157 Å². The van der Waals surface area contributed by atoms with E-state index >= 15 is 0 Å². The van der Waals surface area contributed by atoms with E-state index in [9.17, 15) is 43.5 Å². The molecule has 0 aliphatic carbocycles. The number of carboxylic acids is 1. The summed E-state index contributed by atoms with van der Waals surface area (Å²) in [5.74, 6) is -3.05. The summed E-state index contributed by atoms with van der Waals surface area (Å²) in [5, 5.41) is 18.5. The molecule has 8 atom stereocenters. The van der Waals surface area contributed by atoms with Gasteiger partial charge in [0.2, 0.25) is 23.5 Å². The number of ketones is 4. The number of aryl methyl sites for hydroxylation is 2. The molecule has 0 fully saturated rings. The van der Waals surface area contributed by atoms with Crippen LogP contribution in [-0.2, 0) is 64.0 Å². The van der Waals surface area contributed by atoms with Crippen molar-refractivity contribution < 1.29 is 61.6 Å². The molecule has 0 heterocycles. The van der Waals surface area contributed by atoms with Crippen LogP contribution in [0.25, 0.3) is 0 Å². The van der Waals surface area contributed by atoms with Crippen LogP contribution >= 0.6 is 0 Å². The highest BCUT2D eigenvalue weighted by Gasteiger charge is 2.33. The Morgan fingerprint density at radius 1 is 0.430 bits per heavy atom. The smallest absolute Gasteiger partial charge is 0.307 e. The van der Waals surface area contributed by atoms with Crippen LogP contribution in [0.5, 0.6) is 0 Å². The molecule has 4 aromatic rings. The van der Waals surface area contributed by atoms with Crippen molar-refractivity contribution in [1.29, 1.82) is 0 Å². The first kappa shape index (κ1) is 77.2. The minimum atomic E-state index is -0.993. The van der Waals surface area contributed by atoms with Crippen molar-refractivity contribution in [3.05, 3.63) is 168 Å². The molecular formula is C72H103ClN4O9. The summed E-state index contributed by atoms with van der Waals surface area (Å²) in [6, 6.07) is 36.7. The van der Waals surface area contributed by atoms with Crippen molar-refractivity contribution in [2.75, 3.05) is 0 Å². The highest BCUT2D eigenvalue weighted by Crippen LogP contribution is 2.22. The zero-order chi connectivity index (χ0) is 63.8. The van der Waals surface area contributed by atoms with Crippen LogP contribution in [0.15, 0.2) is 146 Å². The number of rotatable bonds is 35. The van der Waals surface area contributed by atoms with Crippen LogP contribution in [0.3, 0.4) is 0 Å². The van der Waals surface area contributed by atoms with Gasteiger partial charge in [-0.05, 0) is 129 Å². The summed E-state index contributed by atoms with van der Waals surface area (Å²) in [4.78, 5) is 102. The summed E-state index contributed by atoms with van der Waals surface area (Å²) in [6.07, 6.45) is 5.74. The van der Waals surface area contributed by atoms with Gasteiger partial charge in [-0.3, -0.25) is 38.4 Å². The largest absolute Gasteiger partial charge is 1.00 e. The highest BCUT2D eigenvalue weighted by atomic mass is 35.5. The van der Waals surface area contributed by atoms with Crippen LogP contribution < -0.4 is 34.1 Å². The minimum absolute atomic E-state index is 0. The van der Waals surface area contributed by atoms with Gasteiger partial charge in [-0.2, -0.15) is 0 Å². The molecule has 14 heteroatoms. The maximum absolute atomic E-state index is 13.8. The Bertz CT molecular complexity index is 2710. The molecule has 0 unspecified atom stereocenters. The fraction of sp³-hybridized carbons (Fsp3) is 0.500. The van der Waals surface area contributed by atoms with Crippen molar-refractivity contribution in [3.8, 4) is 0 Å². The maximum atomic E-state index is 13.8. The lowest BCUT2D eigenvalue weighted by Crippen LogP contribution is -3.00. The Morgan fingerprint density at radius 2 is 0.733 bits per heavy atom. The van der Waals surface area contributed by atoms with E-state index in [-0.39, 0.29) is 108 Å². The predicted octanol–water partition coefficient (Wildman–Crippen LogP) is 8.76. The average molecular weight is 1200 g/mol. The Kier molecular flexibility index (Phi) is 37.1. The Balaban J connectivity index is 0.000000740. The molecule has 0 aromatic heterocycles. The van der Waals surface area contributed by atoms with E-state index in [4.69, 9.17) is 0 Å². The number of quaternary nitrogens is 1. The van der Waals surface area contributed by atoms with Crippen LogP contribution in [0.4, 0.5) is 0 Å². The predicted molar refractivity (Wildman–Crippen MR) is 342 cm³/mol. The molecule has 4 rings (SSSR count). The van der Waals surface area contributed by atoms with Crippen molar-refractivity contribution in [1.82, 2.24) is 16.0 Å². The molecule has 0 saturated carbocycles. The number of carboxylic acid groups (broad SMARTS) is 1. The Morgan fingerprint density at radius 3 is 1.06 bits per heavy atom. The van der Waals surface area contributed by atoms with Gasteiger partial charge in [0.15, 0.2) is 17.3 Å². The van der Waals surface area contributed by atoms with E-state index in [1.165, 1.54) is 11.1 Å². The average Bonchev–Trinajstić information content (AvgIpc) is 3.43. The summed E-state index contributed by atoms with van der Waals surface area (Å²) in [7, 11) is 0. The van der Waals surface area contributed by atoms with Gasteiger partial charge in [0.05, 0.1) is 24.0 Å². The second-order valence-electron chi connectivity index (χ2n) is 25.0. The van der Waals surface area contributed by atoms with Crippen LogP contribution in [-0.4, -0.2) is 76.1 Å². The molecule has 0 aliphatic rings. The molecule has 472 valence electrons. The van der Waals surface area contributed by atoms with E-state index < -0.39 is 35.9 Å². The number of carbonyl (C=O) groups excluding carboxylic acids is 7. The third kappa shape index (κ3) is 31.5. The summed E-state index contributed by atoms with van der Waals surface area (Å²) in [6.45, 7) is 30.7. The number of hydrogen-bond donors (Lipinski definition) is 5. The van der Waals surface area contributed by atoms with Gasteiger partial charge in [0, 0.05) is 37.0 Å². The number of halogens is 1. The van der Waals surface area contributed by atoms with E-state index in [2.05, 4.69) is 48.7 Å². The van der Waals surface area contributed by atoms with Gasteiger partial charge in [-0.15, -0.1) is 0 Å². The fourth-order valence-electron chi connectivity index (χ4n) is 9.82. The summed E-state index contributed by atoms with van der Waals surface area (Å²) in [5.41, 5.74) is 8.94. The Labute approximate surface area is 521 Å². The van der Waals surface area contributed by atoms with Gasteiger partial charge in [-0.1, -0.05) is 204 Å². The second kappa shape index (κ2) is 41.3. The van der Waals surface area contributed by atoms with Crippen LogP contribution in [0.2, 0.25) is 0 Å². The molecule has 4 aromatic carbocycles. The molecule has 0 radical (unpaired) electrons. The van der Waals surface area contributed by atoms with Gasteiger partial charge in [0.25, 0.3) is 0 Å². The van der Waals surface area contributed by atoms with Crippen LogP contribution in [0, 0.1) is 47.3 Å². The zero-order valence-electron chi connectivity index (χ0n) is 53.7. The monoisotopic (exact) mass is 1200 g/mol. The second-order valence-corrected chi connectivity index (χ2v) is 25.0. The first-order valence-electron chi connectivity index (χ1n) is 30.7. The molecule has 0 bridgehead atoms. The van der Waals surface area contributed by atoms with Crippen molar-refractivity contribution in [2.45, 2.75) is 184 Å². The number of carbonyl (C=O) groups is 8. The third-order valence-corrected chi connectivity index (χ3v) is 14.7. The first-order valence-corrected chi connectivity index (χ1v) is 30.7. The molecule has 13 nitrogen and oxygen atoms in total. The minimum Gasteiger partial charge on any atom is -1.00 e. The topological polar surface area (TPSA) is 221 Å². The molecule has 0 aliphatic heterocycles. The van der Waals surface area contributed by atoms with E-state index in [1.807, 2.05) is 177 Å². The van der Waals surface area contributed by atoms with Gasteiger partial charge in [-0.25, -0.2) is 0 Å². The summed E-state index contributed by atoms with van der Waals surface area (Å²) >= 11 is 0.